The number of benzene rings is 1. The molecule has 0 aliphatic heterocycles. The normalized spacial score (nSPS) is 10.8. The number of hydrogen-bond donors (Lipinski definition) is 2. The van der Waals surface area contributed by atoms with Crippen molar-refractivity contribution in [1.82, 2.24) is 9.97 Å². The number of hydrogen-bond acceptors (Lipinski definition) is 3. The van der Waals surface area contributed by atoms with Crippen molar-refractivity contribution in [2.75, 3.05) is 5.73 Å². The number of nitrogens with two attached hydrogens (primary N) is 1. The molecular weight excluding hydrogens is 262 g/mol. The Morgan fingerprint density at radius 3 is 2.89 bits per heavy atom. The number of nitrogen functional groups attached to an aromatic ring is 1. The predicted molar refractivity (Wildman–Crippen MR) is 75.4 cm³/mol. The first kappa shape index (κ1) is 11.7. The Kier molecular flexibility index (Phi) is 2.72. The maximum absolute atomic E-state index is 12.4. The quantitative estimate of drug-likeness (QED) is 0.427. The maximum Gasteiger partial charge on any atom is 0.195 e. The van der Waals surface area contributed by atoms with Gasteiger partial charge in [-0.1, -0.05) is 23.7 Å². The fourth-order valence-electron chi connectivity index (χ4n) is 2.00. The van der Waals surface area contributed by atoms with Gasteiger partial charge in [-0.25, -0.2) is 4.98 Å². The number of pyridine rings is 1. The molecule has 0 amide bonds. The fraction of sp³-hybridized carbons (Fsp3) is 0. The first-order valence-electron chi connectivity index (χ1n) is 5.69. The number of anilines is 1. The number of aromatic amines is 1. The van der Waals surface area contributed by atoms with Gasteiger partial charge in [0, 0.05) is 28.4 Å². The highest BCUT2D eigenvalue weighted by Crippen LogP contribution is 2.22. The summed E-state index contributed by atoms with van der Waals surface area (Å²) in [7, 11) is 0. The highest BCUT2D eigenvalue weighted by atomic mass is 35.5. The smallest absolute Gasteiger partial charge is 0.195 e. The Balaban J connectivity index is 2.12. The Morgan fingerprint density at radius 1 is 1.26 bits per heavy atom. The minimum atomic E-state index is -0.0947. The Labute approximate surface area is 114 Å². The van der Waals surface area contributed by atoms with E-state index >= 15 is 0 Å². The molecule has 5 heteroatoms. The maximum atomic E-state index is 12.4. The van der Waals surface area contributed by atoms with Gasteiger partial charge in [0.25, 0.3) is 0 Å². The SMILES string of the molecule is Nc1cccc(C(=O)c2c[nH]c3nc(Cl)ccc23)c1. The molecule has 1 aromatic carbocycles. The fourth-order valence-corrected chi connectivity index (χ4v) is 2.15. The monoisotopic (exact) mass is 271 g/mol. The molecule has 3 aromatic rings. The topological polar surface area (TPSA) is 71.8 Å². The number of fused-ring (bicyclic) bond motifs is 1. The zero-order valence-electron chi connectivity index (χ0n) is 9.85. The summed E-state index contributed by atoms with van der Waals surface area (Å²) >= 11 is 5.81. The zero-order chi connectivity index (χ0) is 13.4. The van der Waals surface area contributed by atoms with E-state index in [0.717, 1.165) is 5.39 Å². The van der Waals surface area contributed by atoms with Crippen LogP contribution in [0.4, 0.5) is 5.69 Å². The molecule has 2 heterocycles. The third-order valence-corrected chi connectivity index (χ3v) is 3.11. The molecule has 0 aliphatic carbocycles. The van der Waals surface area contributed by atoms with E-state index in [1.54, 1.807) is 42.6 Å². The molecule has 0 unspecified atom stereocenters. The second kappa shape index (κ2) is 4.40. The summed E-state index contributed by atoms with van der Waals surface area (Å²) in [5.41, 5.74) is 7.96. The minimum absolute atomic E-state index is 0.0947. The number of halogens is 1. The molecule has 4 nitrogen and oxygen atoms in total. The van der Waals surface area contributed by atoms with Crippen LogP contribution in [-0.4, -0.2) is 15.8 Å². The van der Waals surface area contributed by atoms with Gasteiger partial charge in [-0.05, 0) is 24.3 Å². The van der Waals surface area contributed by atoms with Gasteiger partial charge in [0.1, 0.15) is 10.8 Å². The lowest BCUT2D eigenvalue weighted by molar-refractivity contribution is 0.104. The van der Waals surface area contributed by atoms with Crippen LogP contribution < -0.4 is 5.73 Å². The van der Waals surface area contributed by atoms with Gasteiger partial charge >= 0.3 is 0 Å². The number of H-pyrrole nitrogens is 1. The summed E-state index contributed by atoms with van der Waals surface area (Å²) < 4.78 is 0. The molecule has 94 valence electrons. The van der Waals surface area contributed by atoms with Crippen LogP contribution in [-0.2, 0) is 0 Å². The molecule has 0 atom stereocenters. The first-order chi connectivity index (χ1) is 9.15. The van der Waals surface area contributed by atoms with Gasteiger partial charge in [0.05, 0.1) is 0 Å². The molecule has 0 aliphatic rings. The van der Waals surface area contributed by atoms with Crippen LogP contribution in [0.1, 0.15) is 15.9 Å². The van der Waals surface area contributed by atoms with E-state index in [0.29, 0.717) is 27.6 Å². The summed E-state index contributed by atoms with van der Waals surface area (Å²) in [6.45, 7) is 0. The number of carbonyl (C=O) groups is 1. The Hall–Kier alpha value is -2.33. The van der Waals surface area contributed by atoms with Crippen LogP contribution in [0, 0.1) is 0 Å². The van der Waals surface area contributed by atoms with Gasteiger partial charge in [-0.3, -0.25) is 4.79 Å². The second-order valence-corrected chi connectivity index (χ2v) is 4.57. The van der Waals surface area contributed by atoms with E-state index in [1.165, 1.54) is 0 Å². The summed E-state index contributed by atoms with van der Waals surface area (Å²) in [5.74, 6) is -0.0947. The van der Waals surface area contributed by atoms with Gasteiger partial charge < -0.3 is 10.7 Å². The Bertz CT molecular complexity index is 779. The zero-order valence-corrected chi connectivity index (χ0v) is 10.6. The third kappa shape index (κ3) is 2.06. The van der Waals surface area contributed by atoms with Gasteiger partial charge in [-0.15, -0.1) is 0 Å². The summed E-state index contributed by atoms with van der Waals surface area (Å²) in [6.07, 6.45) is 1.64. The molecular formula is C14H10ClN3O. The molecule has 19 heavy (non-hydrogen) atoms. The van der Waals surface area contributed by atoms with Crippen LogP contribution in [0.25, 0.3) is 11.0 Å². The van der Waals surface area contributed by atoms with E-state index in [9.17, 15) is 4.79 Å². The lowest BCUT2D eigenvalue weighted by Gasteiger charge is -2.01. The van der Waals surface area contributed by atoms with E-state index in [2.05, 4.69) is 9.97 Å². The van der Waals surface area contributed by atoms with Crippen molar-refractivity contribution >= 4 is 34.1 Å². The molecule has 0 saturated heterocycles. The van der Waals surface area contributed by atoms with Gasteiger partial charge in [-0.2, -0.15) is 0 Å². The van der Waals surface area contributed by atoms with Crippen LogP contribution in [0.2, 0.25) is 5.15 Å². The number of rotatable bonds is 2. The summed E-state index contributed by atoms with van der Waals surface area (Å²) in [6, 6.07) is 10.3. The van der Waals surface area contributed by atoms with E-state index in [1.807, 2.05) is 0 Å². The molecule has 2 aromatic heterocycles. The van der Waals surface area contributed by atoms with Crippen LogP contribution >= 0.6 is 11.6 Å². The van der Waals surface area contributed by atoms with Crippen molar-refractivity contribution in [2.24, 2.45) is 0 Å². The lowest BCUT2D eigenvalue weighted by atomic mass is 10.0. The first-order valence-corrected chi connectivity index (χ1v) is 6.07. The van der Waals surface area contributed by atoms with E-state index in [4.69, 9.17) is 17.3 Å². The van der Waals surface area contributed by atoms with Crippen LogP contribution in [0.3, 0.4) is 0 Å². The minimum Gasteiger partial charge on any atom is -0.399 e. The number of nitrogens with one attached hydrogen (secondary N) is 1. The molecule has 3 rings (SSSR count). The highest BCUT2D eigenvalue weighted by molar-refractivity contribution is 6.30. The van der Waals surface area contributed by atoms with Gasteiger partial charge in [0.2, 0.25) is 0 Å². The average Bonchev–Trinajstić information content (AvgIpc) is 2.80. The molecule has 0 spiro atoms. The van der Waals surface area contributed by atoms with E-state index < -0.39 is 0 Å². The lowest BCUT2D eigenvalue weighted by Crippen LogP contribution is -2.01. The molecule has 0 bridgehead atoms. The Morgan fingerprint density at radius 2 is 2.11 bits per heavy atom. The third-order valence-electron chi connectivity index (χ3n) is 2.90. The number of carbonyl (C=O) groups excluding carboxylic acids is 1. The van der Waals surface area contributed by atoms with Crippen molar-refractivity contribution in [1.29, 1.82) is 0 Å². The van der Waals surface area contributed by atoms with E-state index in [-0.39, 0.29) is 5.78 Å². The number of nitrogens with zero attached hydrogens (tertiary/aromatic N) is 1. The number of ketones is 1. The highest BCUT2D eigenvalue weighted by Gasteiger charge is 2.15. The van der Waals surface area contributed by atoms with Crippen LogP contribution in [0.15, 0.2) is 42.6 Å². The predicted octanol–water partition coefficient (Wildman–Crippen LogP) is 3.03. The number of aromatic nitrogens is 2. The summed E-state index contributed by atoms with van der Waals surface area (Å²) in [5, 5.41) is 1.13. The largest absolute Gasteiger partial charge is 0.399 e. The molecule has 0 fully saturated rings. The average molecular weight is 272 g/mol. The standard InChI is InChI=1S/C14H10ClN3O/c15-12-5-4-10-11(7-17-14(10)18-12)13(19)8-2-1-3-9(16)6-8/h1-7H,16H2,(H,17,18). The molecule has 3 N–H and O–H groups in total. The molecule has 0 saturated carbocycles. The van der Waals surface area contributed by atoms with Crippen molar-refractivity contribution in [3.05, 3.63) is 58.9 Å². The van der Waals surface area contributed by atoms with Crippen molar-refractivity contribution in [2.45, 2.75) is 0 Å². The van der Waals surface area contributed by atoms with Crippen molar-refractivity contribution in [3.8, 4) is 0 Å². The van der Waals surface area contributed by atoms with Crippen LogP contribution in [0.5, 0.6) is 0 Å². The second-order valence-electron chi connectivity index (χ2n) is 4.19. The molecule has 0 radical (unpaired) electrons. The van der Waals surface area contributed by atoms with Gasteiger partial charge in [0.15, 0.2) is 5.78 Å². The van der Waals surface area contributed by atoms with Crippen molar-refractivity contribution < 1.29 is 4.79 Å². The summed E-state index contributed by atoms with van der Waals surface area (Å²) in [4.78, 5) is 19.5. The van der Waals surface area contributed by atoms with Crippen molar-refractivity contribution in [3.63, 3.8) is 0 Å².